The lowest BCUT2D eigenvalue weighted by Gasteiger charge is -2.08. The lowest BCUT2D eigenvalue weighted by Crippen LogP contribution is -2.19. The number of hydroxylamine groups is 1. The Kier molecular flexibility index (Phi) is 3.77. The second kappa shape index (κ2) is 6.07. The van der Waals surface area contributed by atoms with Crippen LogP contribution in [0.25, 0.3) is 5.70 Å². The topological polar surface area (TPSA) is 45.7 Å². The molecule has 0 saturated carbocycles. The van der Waals surface area contributed by atoms with Gasteiger partial charge in [0.15, 0.2) is 0 Å². The Hall–Kier alpha value is -2.30. The van der Waals surface area contributed by atoms with Crippen LogP contribution in [0, 0.1) is 0 Å². The highest BCUT2D eigenvalue weighted by Gasteiger charge is 2.19. The smallest absolute Gasteiger partial charge is 0.131 e. The Morgan fingerprint density at radius 3 is 2.65 bits per heavy atom. The molecule has 0 bridgehead atoms. The first-order valence-corrected chi connectivity index (χ1v) is 7.95. The van der Waals surface area contributed by atoms with Crippen molar-refractivity contribution in [2.75, 3.05) is 13.1 Å². The summed E-state index contributed by atoms with van der Waals surface area (Å²) in [5.41, 5.74) is 7.18. The van der Waals surface area contributed by atoms with E-state index in [1.165, 1.54) is 0 Å². The van der Waals surface area contributed by atoms with Gasteiger partial charge in [-0.25, -0.2) is 0 Å². The van der Waals surface area contributed by atoms with Gasteiger partial charge in [-0.2, -0.15) is 0 Å². The van der Waals surface area contributed by atoms with Crippen LogP contribution in [0.15, 0.2) is 59.6 Å². The molecule has 2 aromatic rings. The number of nitrogens with zero attached hydrogens (tertiary/aromatic N) is 1. The quantitative estimate of drug-likeness (QED) is 0.910. The van der Waals surface area contributed by atoms with Crippen LogP contribution in [0.5, 0.6) is 0 Å². The van der Waals surface area contributed by atoms with Crippen molar-refractivity contribution in [3.05, 3.63) is 76.3 Å². The zero-order valence-corrected chi connectivity index (χ0v) is 13.2. The summed E-state index contributed by atoms with van der Waals surface area (Å²) < 4.78 is 0. The molecule has 2 aromatic carbocycles. The molecule has 116 valence electrons. The van der Waals surface area contributed by atoms with Crippen molar-refractivity contribution < 1.29 is 4.84 Å². The van der Waals surface area contributed by atoms with E-state index in [0.29, 0.717) is 5.02 Å². The largest absolute Gasteiger partial charge is 0.368 e. The van der Waals surface area contributed by atoms with Gasteiger partial charge in [0.25, 0.3) is 0 Å². The first-order chi connectivity index (χ1) is 11.3. The molecule has 0 spiro atoms. The van der Waals surface area contributed by atoms with Crippen molar-refractivity contribution in [3.63, 3.8) is 0 Å². The van der Waals surface area contributed by atoms with Crippen LogP contribution in [0.4, 0.5) is 0 Å². The van der Waals surface area contributed by atoms with Crippen LogP contribution < -0.4 is 10.8 Å². The summed E-state index contributed by atoms with van der Waals surface area (Å²) in [6, 6.07) is 16.0. The van der Waals surface area contributed by atoms with E-state index in [4.69, 9.17) is 16.4 Å². The Labute approximate surface area is 139 Å². The van der Waals surface area contributed by atoms with Crippen LogP contribution in [-0.2, 0) is 4.84 Å². The number of benzene rings is 2. The van der Waals surface area contributed by atoms with Gasteiger partial charge in [-0.1, -0.05) is 48.0 Å². The number of nitrogens with one attached hydrogen (secondary N) is 2. The predicted molar refractivity (Wildman–Crippen MR) is 92.2 cm³/mol. The third kappa shape index (κ3) is 2.96. The van der Waals surface area contributed by atoms with Gasteiger partial charge in [0.1, 0.15) is 11.9 Å². The van der Waals surface area contributed by atoms with E-state index < -0.39 is 0 Å². The number of aliphatic imine (C=N–C) groups is 1. The zero-order valence-electron chi connectivity index (χ0n) is 12.4. The molecule has 1 unspecified atom stereocenters. The van der Waals surface area contributed by atoms with E-state index in [0.717, 1.165) is 41.3 Å². The maximum Gasteiger partial charge on any atom is 0.131 e. The monoisotopic (exact) mass is 325 g/mol. The molecule has 2 aliphatic heterocycles. The van der Waals surface area contributed by atoms with Crippen LogP contribution in [-0.4, -0.2) is 18.9 Å². The summed E-state index contributed by atoms with van der Waals surface area (Å²) in [7, 11) is 0. The van der Waals surface area contributed by atoms with Gasteiger partial charge in [-0.05, 0) is 29.3 Å². The Morgan fingerprint density at radius 1 is 1.09 bits per heavy atom. The van der Waals surface area contributed by atoms with Crippen LogP contribution >= 0.6 is 11.6 Å². The molecule has 2 N–H and O–H groups in total. The van der Waals surface area contributed by atoms with Crippen molar-refractivity contribution in [1.29, 1.82) is 0 Å². The van der Waals surface area contributed by atoms with E-state index >= 15 is 0 Å². The highest BCUT2D eigenvalue weighted by molar-refractivity contribution is 6.30. The SMILES string of the molecule is Clc1cccc(C2C=C(c3ccc(C4=NCCN4)cc3)NO2)c1. The van der Waals surface area contributed by atoms with E-state index in [1.54, 1.807) is 0 Å². The van der Waals surface area contributed by atoms with Crippen molar-refractivity contribution in [1.82, 2.24) is 10.8 Å². The van der Waals surface area contributed by atoms with Gasteiger partial charge >= 0.3 is 0 Å². The molecule has 4 rings (SSSR count). The van der Waals surface area contributed by atoms with Crippen molar-refractivity contribution in [2.45, 2.75) is 6.10 Å². The highest BCUT2D eigenvalue weighted by atomic mass is 35.5. The normalized spacial score (nSPS) is 19.8. The molecule has 5 heteroatoms. The molecule has 0 aliphatic carbocycles. The fourth-order valence-corrected chi connectivity index (χ4v) is 2.95. The third-order valence-electron chi connectivity index (χ3n) is 3.93. The molecule has 2 aliphatic rings. The molecule has 0 radical (unpaired) electrons. The molecular weight excluding hydrogens is 310 g/mol. The molecule has 0 aromatic heterocycles. The molecule has 0 amide bonds. The Morgan fingerprint density at radius 2 is 1.91 bits per heavy atom. The minimum Gasteiger partial charge on any atom is -0.368 e. The fraction of sp³-hybridized carbons (Fsp3) is 0.167. The minimum atomic E-state index is -0.135. The molecule has 1 atom stereocenters. The van der Waals surface area contributed by atoms with Gasteiger partial charge in [0, 0.05) is 17.1 Å². The third-order valence-corrected chi connectivity index (χ3v) is 4.17. The first-order valence-electron chi connectivity index (χ1n) is 7.58. The number of halogens is 1. The summed E-state index contributed by atoms with van der Waals surface area (Å²) in [6.07, 6.45) is 1.93. The van der Waals surface area contributed by atoms with E-state index in [9.17, 15) is 0 Å². The summed E-state index contributed by atoms with van der Waals surface area (Å²) in [6.45, 7) is 1.76. The first kappa shape index (κ1) is 14.3. The number of hydrogen-bond acceptors (Lipinski definition) is 4. The van der Waals surface area contributed by atoms with E-state index in [1.807, 2.05) is 24.3 Å². The van der Waals surface area contributed by atoms with Gasteiger partial charge in [0.2, 0.25) is 0 Å². The van der Waals surface area contributed by atoms with E-state index in [-0.39, 0.29) is 6.10 Å². The Bertz CT molecular complexity index is 783. The van der Waals surface area contributed by atoms with Gasteiger partial charge < -0.3 is 5.32 Å². The van der Waals surface area contributed by atoms with Crippen LogP contribution in [0.2, 0.25) is 5.02 Å². The van der Waals surface area contributed by atoms with Crippen molar-refractivity contribution in [3.8, 4) is 0 Å². The standard InChI is InChI=1S/C18H16ClN3O/c19-15-3-1-2-14(10-15)17-11-16(22-23-17)12-4-6-13(7-5-12)18-20-8-9-21-18/h1-7,10-11,17,22H,8-9H2,(H,20,21). The van der Waals surface area contributed by atoms with Gasteiger partial charge in [-0.3, -0.25) is 15.3 Å². The fourth-order valence-electron chi connectivity index (χ4n) is 2.75. The predicted octanol–water partition coefficient (Wildman–Crippen LogP) is 3.31. The molecule has 0 fully saturated rings. The lowest BCUT2D eigenvalue weighted by atomic mass is 10.1. The minimum absolute atomic E-state index is 0.135. The average molecular weight is 326 g/mol. The van der Waals surface area contributed by atoms with Crippen molar-refractivity contribution >= 4 is 23.1 Å². The maximum absolute atomic E-state index is 6.04. The number of hydrogen-bond donors (Lipinski definition) is 2. The van der Waals surface area contributed by atoms with E-state index in [2.05, 4.69) is 46.1 Å². The number of amidine groups is 1. The summed E-state index contributed by atoms with van der Waals surface area (Å²) in [5, 5.41) is 3.99. The summed E-state index contributed by atoms with van der Waals surface area (Å²) >= 11 is 6.04. The van der Waals surface area contributed by atoms with Crippen LogP contribution in [0.1, 0.15) is 22.8 Å². The second-order valence-electron chi connectivity index (χ2n) is 5.51. The zero-order chi connectivity index (χ0) is 15.6. The highest BCUT2D eigenvalue weighted by Crippen LogP contribution is 2.29. The maximum atomic E-state index is 6.04. The van der Waals surface area contributed by atoms with Crippen LogP contribution in [0.3, 0.4) is 0 Å². The summed E-state index contributed by atoms with van der Waals surface area (Å²) in [4.78, 5) is 10.1. The molecule has 4 nitrogen and oxygen atoms in total. The number of rotatable bonds is 3. The average Bonchev–Trinajstić information content (AvgIpc) is 3.27. The Balaban J connectivity index is 1.55. The van der Waals surface area contributed by atoms with Gasteiger partial charge in [0.05, 0.1) is 12.2 Å². The molecule has 2 heterocycles. The van der Waals surface area contributed by atoms with Gasteiger partial charge in [-0.15, -0.1) is 0 Å². The molecule has 0 saturated heterocycles. The molecular formula is C18H16ClN3O. The van der Waals surface area contributed by atoms with Crippen molar-refractivity contribution in [2.24, 2.45) is 4.99 Å². The lowest BCUT2D eigenvalue weighted by molar-refractivity contribution is 0.0511. The second-order valence-corrected chi connectivity index (χ2v) is 5.95. The summed E-state index contributed by atoms with van der Waals surface area (Å²) in [5.74, 6) is 0.970. The molecule has 23 heavy (non-hydrogen) atoms.